The number of fused-ring (bicyclic) bond motifs is 1. The molecule has 56 heavy (non-hydrogen) atoms. The van der Waals surface area contributed by atoms with Crippen LogP contribution in [0.1, 0.15) is 28.8 Å². The van der Waals surface area contributed by atoms with Gasteiger partial charge < -0.3 is 25.9 Å². The Morgan fingerprint density at radius 3 is 2.11 bits per heavy atom. The molecule has 3 aliphatic rings. The standard InChI is InChI=1S/C41H35N7O6S2/c49-35-31(19-20-42-35)54-46-32(36(50)44-33-37(51)48-34(39(52)53)26(24-55-38(33)48)23-47-21-11-4-12-22-47)30-25-56-40(43-30)45-41(27-13-5-1-6-14-27,28-15-7-2-8-16-28)29-17-9-3-10-18-29/h1-18,21-22,25,31,33,38H,19-20,23-24H2,(H3-,42,43,44,45,49,50,52,53)/p+1/b46-32-/t31?,33-,38+/m1/s1. The van der Waals surface area contributed by atoms with Gasteiger partial charge in [0.15, 0.2) is 29.8 Å². The summed E-state index contributed by atoms with van der Waals surface area (Å²) in [5, 5.41) is 25.0. The lowest BCUT2D eigenvalue weighted by Gasteiger charge is -2.49. The van der Waals surface area contributed by atoms with Crippen LogP contribution in [0.3, 0.4) is 0 Å². The molecular formula is C41H36N7O6S2+. The number of benzene rings is 3. The van der Waals surface area contributed by atoms with Gasteiger partial charge >= 0.3 is 5.97 Å². The molecule has 3 amide bonds. The fraction of sp³-hybridized carbons (Fsp3) is 0.195. The van der Waals surface area contributed by atoms with Crippen LogP contribution in [0.25, 0.3) is 0 Å². The second-order valence-corrected chi connectivity index (χ2v) is 15.3. The fourth-order valence-electron chi connectivity index (χ4n) is 7.15. The number of pyridine rings is 1. The highest BCUT2D eigenvalue weighted by Crippen LogP contribution is 2.42. The normalized spacial score (nSPS) is 19.5. The molecule has 2 fully saturated rings. The highest BCUT2D eigenvalue weighted by molar-refractivity contribution is 8.00. The summed E-state index contributed by atoms with van der Waals surface area (Å²) in [5.74, 6) is -2.54. The van der Waals surface area contributed by atoms with Crippen LogP contribution in [0.15, 0.2) is 143 Å². The first-order valence-corrected chi connectivity index (χ1v) is 19.8. The van der Waals surface area contributed by atoms with E-state index >= 15 is 0 Å². The van der Waals surface area contributed by atoms with Crippen molar-refractivity contribution in [2.24, 2.45) is 5.16 Å². The van der Waals surface area contributed by atoms with Crippen molar-refractivity contribution in [2.45, 2.75) is 36.0 Å². The minimum atomic E-state index is -1.22. The first kappa shape index (κ1) is 36.6. The number of hydrogen-bond acceptors (Lipinski definition) is 10. The number of rotatable bonds is 13. The maximum absolute atomic E-state index is 14.1. The van der Waals surface area contributed by atoms with Gasteiger partial charge in [0.25, 0.3) is 17.7 Å². The number of nitrogens with one attached hydrogen (secondary N) is 3. The third kappa shape index (κ3) is 7.02. The average molecular weight is 787 g/mol. The van der Waals surface area contributed by atoms with E-state index in [1.165, 1.54) is 28.0 Å². The summed E-state index contributed by atoms with van der Waals surface area (Å²) in [6.45, 7) is 0.702. The minimum absolute atomic E-state index is 0.0842. The summed E-state index contributed by atoms with van der Waals surface area (Å²) < 4.78 is 1.84. The number of thioether (sulfide) groups is 1. The highest BCUT2D eigenvalue weighted by Gasteiger charge is 2.55. The minimum Gasteiger partial charge on any atom is -0.477 e. The van der Waals surface area contributed by atoms with Crippen LogP contribution in [0.5, 0.6) is 0 Å². The van der Waals surface area contributed by atoms with E-state index in [2.05, 4.69) is 21.1 Å². The van der Waals surface area contributed by atoms with Crippen molar-refractivity contribution in [2.75, 3.05) is 17.6 Å². The van der Waals surface area contributed by atoms with Crippen LogP contribution in [0.2, 0.25) is 0 Å². The first-order chi connectivity index (χ1) is 27.3. The number of aliphatic carboxylic acids is 1. The van der Waals surface area contributed by atoms with E-state index in [0.29, 0.717) is 36.0 Å². The van der Waals surface area contributed by atoms with Crippen LogP contribution in [0.4, 0.5) is 5.13 Å². The number of carbonyl (C=O) groups excluding carboxylic acids is 3. The topological polar surface area (TPSA) is 166 Å². The lowest BCUT2D eigenvalue weighted by atomic mass is 9.77. The van der Waals surface area contributed by atoms with E-state index in [-0.39, 0.29) is 23.0 Å². The van der Waals surface area contributed by atoms with Crippen molar-refractivity contribution in [3.05, 3.63) is 161 Å². The molecule has 2 saturated heterocycles. The Bertz CT molecular complexity index is 2230. The Morgan fingerprint density at radius 2 is 1.54 bits per heavy atom. The third-order valence-corrected chi connectivity index (χ3v) is 11.9. The van der Waals surface area contributed by atoms with E-state index in [9.17, 15) is 24.3 Å². The molecule has 0 spiro atoms. The highest BCUT2D eigenvalue weighted by atomic mass is 32.2. The number of aromatic nitrogens is 2. The molecule has 0 bridgehead atoms. The molecule has 3 aromatic carbocycles. The maximum Gasteiger partial charge on any atom is 0.352 e. The van der Waals surface area contributed by atoms with Crippen molar-refractivity contribution >= 4 is 57.6 Å². The van der Waals surface area contributed by atoms with E-state index in [1.807, 2.05) is 126 Å². The molecule has 0 saturated carbocycles. The molecule has 3 atom stereocenters. The van der Waals surface area contributed by atoms with Gasteiger partial charge in [0, 0.05) is 41.8 Å². The molecule has 13 nitrogen and oxygen atoms in total. The van der Waals surface area contributed by atoms with Crippen molar-refractivity contribution in [3.8, 4) is 0 Å². The summed E-state index contributed by atoms with van der Waals surface area (Å²) in [5.41, 5.74) is 2.38. The lowest BCUT2D eigenvalue weighted by molar-refractivity contribution is -0.689. The SMILES string of the molecule is O=C(O)C1=C(C[n+]2ccccc2)CS[C@H]2[C@H](NC(=O)/C(=N\OC3CCNC3=O)c3csc(NC(c4ccccc4)(c4ccccc4)c4ccccc4)n3)C(=O)N12. The van der Waals surface area contributed by atoms with Crippen LogP contribution >= 0.6 is 23.1 Å². The second-order valence-electron chi connectivity index (χ2n) is 13.3. The third-order valence-electron chi connectivity index (χ3n) is 9.83. The number of anilines is 1. The molecule has 15 heteroatoms. The zero-order valence-corrected chi connectivity index (χ0v) is 31.4. The number of nitrogens with zero attached hydrogens (tertiary/aromatic N) is 4. The number of hydrogen-bond donors (Lipinski definition) is 4. The maximum atomic E-state index is 14.1. The van der Waals surface area contributed by atoms with Crippen LogP contribution in [-0.2, 0) is 36.1 Å². The summed E-state index contributed by atoms with van der Waals surface area (Å²) in [6, 6.07) is 34.5. The number of β-lactam (4-membered cyclic amide) rings is 1. The predicted octanol–water partition coefficient (Wildman–Crippen LogP) is 3.88. The Hall–Kier alpha value is -6.32. The van der Waals surface area contributed by atoms with Crippen molar-refractivity contribution in [1.29, 1.82) is 0 Å². The largest absolute Gasteiger partial charge is 0.477 e. The van der Waals surface area contributed by atoms with Crippen LogP contribution < -0.4 is 20.5 Å². The number of oxime groups is 1. The molecule has 3 aliphatic heterocycles. The van der Waals surface area contributed by atoms with E-state index in [0.717, 1.165) is 16.7 Å². The number of carboxylic acid groups (broad SMARTS) is 1. The zero-order chi connectivity index (χ0) is 38.6. The quantitative estimate of drug-likeness (QED) is 0.0456. The van der Waals surface area contributed by atoms with Gasteiger partial charge in [-0.1, -0.05) is 102 Å². The Kier molecular flexibility index (Phi) is 10.3. The molecule has 1 unspecified atom stereocenters. The average Bonchev–Trinajstić information content (AvgIpc) is 3.88. The fourth-order valence-corrected chi connectivity index (χ4v) is 9.23. The van der Waals surface area contributed by atoms with Gasteiger partial charge in [0.2, 0.25) is 6.10 Å². The van der Waals surface area contributed by atoms with E-state index < -0.39 is 40.8 Å². The molecule has 0 radical (unpaired) electrons. The number of amides is 3. The molecule has 282 valence electrons. The molecule has 8 rings (SSSR count). The molecule has 5 aromatic rings. The summed E-state index contributed by atoms with van der Waals surface area (Å²) in [7, 11) is 0. The first-order valence-electron chi connectivity index (χ1n) is 17.9. The Morgan fingerprint density at radius 1 is 0.929 bits per heavy atom. The van der Waals surface area contributed by atoms with Gasteiger partial charge in [-0.25, -0.2) is 14.3 Å². The van der Waals surface area contributed by atoms with Crippen LogP contribution in [0, 0.1) is 0 Å². The summed E-state index contributed by atoms with van der Waals surface area (Å²) in [6.07, 6.45) is 3.10. The van der Waals surface area contributed by atoms with Gasteiger partial charge in [-0.05, 0) is 16.7 Å². The molecule has 5 heterocycles. The van der Waals surface area contributed by atoms with Crippen molar-refractivity contribution in [1.82, 2.24) is 20.5 Å². The Labute approximate surface area is 330 Å². The molecular weight excluding hydrogens is 751 g/mol. The van der Waals surface area contributed by atoms with E-state index in [4.69, 9.17) is 9.82 Å². The second kappa shape index (κ2) is 15.8. The van der Waals surface area contributed by atoms with Gasteiger partial charge in [-0.2, -0.15) is 0 Å². The monoisotopic (exact) mass is 786 g/mol. The summed E-state index contributed by atoms with van der Waals surface area (Å²) >= 11 is 2.63. The van der Waals surface area contributed by atoms with Crippen molar-refractivity contribution < 1.29 is 33.7 Å². The smallest absolute Gasteiger partial charge is 0.352 e. The number of carbonyl (C=O) groups is 4. The summed E-state index contributed by atoms with van der Waals surface area (Å²) in [4.78, 5) is 64.3. The molecule has 0 aliphatic carbocycles. The Balaban J connectivity index is 1.10. The van der Waals surface area contributed by atoms with Crippen molar-refractivity contribution in [3.63, 3.8) is 0 Å². The predicted molar refractivity (Wildman–Crippen MR) is 210 cm³/mol. The van der Waals surface area contributed by atoms with Gasteiger partial charge in [0.1, 0.15) is 28.3 Å². The van der Waals surface area contributed by atoms with Gasteiger partial charge in [-0.15, -0.1) is 23.1 Å². The number of carboxylic acids is 1. The van der Waals surface area contributed by atoms with E-state index in [1.54, 1.807) is 5.38 Å². The van der Waals surface area contributed by atoms with Crippen LogP contribution in [-0.4, -0.2) is 74.2 Å². The van der Waals surface area contributed by atoms with Gasteiger partial charge in [0.05, 0.1) is 0 Å². The lowest BCUT2D eigenvalue weighted by Crippen LogP contribution is -2.71. The van der Waals surface area contributed by atoms with Gasteiger partial charge in [-0.3, -0.25) is 19.3 Å². The molecule has 4 N–H and O–H groups in total. The zero-order valence-electron chi connectivity index (χ0n) is 29.8. The number of thiazole rings is 1. The molecule has 2 aromatic heterocycles.